The molecule has 0 saturated heterocycles. The second-order valence-electron chi connectivity index (χ2n) is 3.76. The first-order valence-electron chi connectivity index (χ1n) is 5.19. The van der Waals surface area contributed by atoms with E-state index in [0.717, 1.165) is 0 Å². The van der Waals surface area contributed by atoms with Gasteiger partial charge in [0, 0.05) is 10.6 Å². The molecule has 0 heterocycles. The van der Waals surface area contributed by atoms with Crippen LogP contribution in [0, 0.1) is 0 Å². The molecule has 0 saturated carbocycles. The summed E-state index contributed by atoms with van der Waals surface area (Å²) in [7, 11) is -4.70. The highest BCUT2D eigenvalue weighted by Crippen LogP contribution is 2.39. The van der Waals surface area contributed by atoms with Gasteiger partial charge in [0.05, 0.1) is 10.0 Å². The first-order valence-corrected chi connectivity index (χ1v) is 7.68. The third kappa shape index (κ3) is 3.56. The van der Waals surface area contributed by atoms with Crippen LogP contribution >= 0.6 is 34.8 Å². The number of hydrogen-bond donors (Lipinski definition) is 1. The lowest BCUT2D eigenvalue weighted by atomic mass is 10.1. The second-order valence-corrected chi connectivity index (χ2v) is 6.00. The molecule has 2 rings (SSSR count). The molecule has 1 N–H and O–H groups in total. The number of rotatable bonds is 3. The average molecular weight is 354 g/mol. The van der Waals surface area contributed by atoms with Gasteiger partial charge in [-0.2, -0.15) is 8.42 Å². The van der Waals surface area contributed by atoms with E-state index in [2.05, 4.69) is 4.18 Å². The van der Waals surface area contributed by atoms with Crippen molar-refractivity contribution in [3.63, 3.8) is 0 Å². The van der Waals surface area contributed by atoms with E-state index in [1.54, 1.807) is 24.3 Å². The quantitative estimate of drug-likeness (QED) is 0.825. The molecule has 0 atom stereocenters. The Morgan fingerprint density at radius 2 is 1.50 bits per heavy atom. The third-order valence-corrected chi connectivity index (χ3v) is 3.64. The normalized spacial score (nSPS) is 11.4. The Labute approximate surface area is 130 Å². The molecule has 8 heteroatoms. The molecular weight excluding hydrogens is 347 g/mol. The van der Waals surface area contributed by atoms with Crippen molar-refractivity contribution in [2.24, 2.45) is 0 Å². The number of hydrogen-bond acceptors (Lipinski definition) is 3. The number of benzene rings is 2. The van der Waals surface area contributed by atoms with Crippen molar-refractivity contribution in [3.8, 4) is 16.9 Å². The highest BCUT2D eigenvalue weighted by atomic mass is 35.5. The van der Waals surface area contributed by atoms with E-state index in [1.807, 2.05) is 0 Å². The molecule has 2 aromatic rings. The summed E-state index contributed by atoms with van der Waals surface area (Å²) in [4.78, 5) is 0. The Kier molecular flexibility index (Phi) is 4.46. The van der Waals surface area contributed by atoms with Crippen LogP contribution in [0.15, 0.2) is 36.4 Å². The predicted octanol–water partition coefficient (Wildman–Crippen LogP) is 4.50. The Bertz CT molecular complexity index is 736. The molecule has 2 aromatic carbocycles. The van der Waals surface area contributed by atoms with Gasteiger partial charge in [-0.3, -0.25) is 4.55 Å². The van der Waals surface area contributed by atoms with Crippen LogP contribution in [0.5, 0.6) is 5.75 Å². The fourth-order valence-corrected chi connectivity index (χ4v) is 2.89. The van der Waals surface area contributed by atoms with Crippen molar-refractivity contribution in [3.05, 3.63) is 51.5 Å². The van der Waals surface area contributed by atoms with Gasteiger partial charge < -0.3 is 4.18 Å². The van der Waals surface area contributed by atoms with Crippen LogP contribution in [-0.4, -0.2) is 13.0 Å². The van der Waals surface area contributed by atoms with Gasteiger partial charge in [-0.1, -0.05) is 53.0 Å². The molecule has 0 amide bonds. The van der Waals surface area contributed by atoms with Crippen molar-refractivity contribution in [1.82, 2.24) is 0 Å². The van der Waals surface area contributed by atoms with E-state index in [4.69, 9.17) is 39.4 Å². The molecular formula is C12H7Cl3O4S. The summed E-state index contributed by atoms with van der Waals surface area (Å²) in [6.45, 7) is 0. The zero-order valence-electron chi connectivity index (χ0n) is 9.68. The Hall–Kier alpha value is -0.980. The van der Waals surface area contributed by atoms with Crippen LogP contribution in [0.25, 0.3) is 11.1 Å². The van der Waals surface area contributed by atoms with Crippen molar-refractivity contribution in [1.29, 1.82) is 0 Å². The van der Waals surface area contributed by atoms with Crippen LogP contribution < -0.4 is 4.18 Å². The summed E-state index contributed by atoms with van der Waals surface area (Å²) in [5.41, 5.74) is 1.27. The summed E-state index contributed by atoms with van der Waals surface area (Å²) >= 11 is 17.9. The average Bonchev–Trinajstić information content (AvgIpc) is 2.33. The predicted molar refractivity (Wildman–Crippen MR) is 79.1 cm³/mol. The monoisotopic (exact) mass is 352 g/mol. The van der Waals surface area contributed by atoms with Crippen molar-refractivity contribution >= 4 is 45.2 Å². The van der Waals surface area contributed by atoms with Gasteiger partial charge >= 0.3 is 10.4 Å². The summed E-state index contributed by atoms with van der Waals surface area (Å²) in [6, 6.07) is 9.88. The molecule has 0 fully saturated rings. The van der Waals surface area contributed by atoms with Gasteiger partial charge in [-0.25, -0.2) is 0 Å². The standard InChI is InChI=1S/C12H7Cl3O4S/c13-9-4-2-1-3-8(9)7-5-10(14)12(11(15)6-7)19-20(16,17)18/h1-6H,(H,16,17,18). The summed E-state index contributed by atoms with van der Waals surface area (Å²) < 4.78 is 34.4. The van der Waals surface area contributed by atoms with Gasteiger partial charge in [0.15, 0.2) is 5.75 Å². The van der Waals surface area contributed by atoms with Crippen LogP contribution in [0.4, 0.5) is 0 Å². The fourth-order valence-electron chi connectivity index (χ4n) is 1.60. The first kappa shape index (κ1) is 15.4. The topological polar surface area (TPSA) is 63.6 Å². The molecule has 0 unspecified atom stereocenters. The molecule has 4 nitrogen and oxygen atoms in total. The Morgan fingerprint density at radius 3 is 2.00 bits per heavy atom. The molecule has 0 aliphatic rings. The van der Waals surface area contributed by atoms with E-state index in [0.29, 0.717) is 16.1 Å². The molecule has 20 heavy (non-hydrogen) atoms. The maximum absolute atomic E-state index is 10.7. The van der Waals surface area contributed by atoms with Crippen LogP contribution in [-0.2, 0) is 10.4 Å². The molecule has 0 aliphatic carbocycles. The maximum atomic E-state index is 10.7. The van der Waals surface area contributed by atoms with Crippen LogP contribution in [0.2, 0.25) is 15.1 Å². The van der Waals surface area contributed by atoms with E-state index < -0.39 is 10.4 Å². The SMILES string of the molecule is O=S(=O)(O)Oc1c(Cl)cc(-c2ccccc2Cl)cc1Cl. The zero-order valence-corrected chi connectivity index (χ0v) is 12.8. The van der Waals surface area contributed by atoms with E-state index in [-0.39, 0.29) is 15.8 Å². The van der Waals surface area contributed by atoms with E-state index >= 15 is 0 Å². The lowest BCUT2D eigenvalue weighted by Crippen LogP contribution is -2.07. The fraction of sp³-hybridized carbons (Fsp3) is 0. The summed E-state index contributed by atoms with van der Waals surface area (Å²) in [5.74, 6) is -0.341. The highest BCUT2D eigenvalue weighted by molar-refractivity contribution is 7.81. The van der Waals surface area contributed by atoms with Gasteiger partial charge in [0.25, 0.3) is 0 Å². The largest absolute Gasteiger partial charge is 0.446 e. The van der Waals surface area contributed by atoms with Crippen molar-refractivity contribution in [2.75, 3.05) is 0 Å². The van der Waals surface area contributed by atoms with Gasteiger partial charge in [0.1, 0.15) is 0 Å². The van der Waals surface area contributed by atoms with Gasteiger partial charge in [-0.15, -0.1) is 0 Å². The van der Waals surface area contributed by atoms with Gasteiger partial charge in [-0.05, 0) is 23.8 Å². The smallest absolute Gasteiger partial charge is 0.359 e. The minimum absolute atomic E-state index is 0.0648. The van der Waals surface area contributed by atoms with Crippen molar-refractivity contribution in [2.45, 2.75) is 0 Å². The zero-order chi connectivity index (χ0) is 14.9. The lowest BCUT2D eigenvalue weighted by Gasteiger charge is -2.10. The molecule has 0 aromatic heterocycles. The lowest BCUT2D eigenvalue weighted by molar-refractivity contribution is 0.387. The highest BCUT2D eigenvalue weighted by Gasteiger charge is 2.17. The third-order valence-electron chi connectivity index (χ3n) is 2.37. The van der Waals surface area contributed by atoms with Crippen LogP contribution in [0.3, 0.4) is 0 Å². The Morgan fingerprint density at radius 1 is 0.950 bits per heavy atom. The molecule has 106 valence electrons. The molecule has 0 spiro atoms. The van der Waals surface area contributed by atoms with Crippen molar-refractivity contribution < 1.29 is 17.2 Å². The Balaban J connectivity index is 2.54. The second kappa shape index (κ2) is 5.79. The number of halogens is 3. The van der Waals surface area contributed by atoms with E-state index in [9.17, 15) is 8.42 Å². The molecule has 0 bridgehead atoms. The minimum Gasteiger partial charge on any atom is -0.359 e. The maximum Gasteiger partial charge on any atom is 0.446 e. The molecule has 0 radical (unpaired) electrons. The van der Waals surface area contributed by atoms with Gasteiger partial charge in [0.2, 0.25) is 0 Å². The minimum atomic E-state index is -4.70. The first-order chi connectivity index (χ1) is 9.28. The van der Waals surface area contributed by atoms with E-state index in [1.165, 1.54) is 12.1 Å². The summed E-state index contributed by atoms with van der Waals surface area (Å²) in [5, 5.41) is 0.359. The van der Waals surface area contributed by atoms with Crippen LogP contribution in [0.1, 0.15) is 0 Å². The summed E-state index contributed by atoms with van der Waals surface area (Å²) in [6.07, 6.45) is 0. The molecule has 0 aliphatic heterocycles.